The van der Waals surface area contributed by atoms with Crippen LogP contribution in [0.1, 0.15) is 35.4 Å². The zero-order valence-electron chi connectivity index (χ0n) is 19.9. The van der Waals surface area contributed by atoms with Gasteiger partial charge in [-0.2, -0.15) is 13.2 Å². The van der Waals surface area contributed by atoms with E-state index in [1.807, 2.05) is 0 Å². The lowest BCUT2D eigenvalue weighted by molar-refractivity contribution is -0.138. The number of carboxylic acid groups (broad SMARTS) is 1. The molecule has 7 nitrogen and oxygen atoms in total. The number of rotatable bonds is 7. The summed E-state index contributed by atoms with van der Waals surface area (Å²) in [4.78, 5) is 14.6. The topological polar surface area (TPSA) is 96.8 Å². The number of carboxylic acids is 1. The summed E-state index contributed by atoms with van der Waals surface area (Å²) < 4.78 is 87.9. The van der Waals surface area contributed by atoms with E-state index in [0.29, 0.717) is 17.3 Å². The Balaban J connectivity index is 1.76. The van der Waals surface area contributed by atoms with Crippen molar-refractivity contribution in [2.45, 2.75) is 36.9 Å². The van der Waals surface area contributed by atoms with Crippen molar-refractivity contribution in [2.24, 2.45) is 0 Å². The van der Waals surface area contributed by atoms with Crippen molar-refractivity contribution < 1.29 is 40.6 Å². The van der Waals surface area contributed by atoms with E-state index in [9.17, 15) is 30.8 Å². The number of aliphatic carboxylic acids is 1. The molecule has 0 fully saturated rings. The number of sulfonamides is 1. The molecular weight excluding hydrogens is 528 g/mol. The second-order valence-corrected chi connectivity index (χ2v) is 10.5. The van der Waals surface area contributed by atoms with Gasteiger partial charge in [0.1, 0.15) is 17.7 Å². The van der Waals surface area contributed by atoms with Crippen molar-refractivity contribution in [3.05, 3.63) is 82.9 Å². The van der Waals surface area contributed by atoms with Crippen LogP contribution in [0.25, 0.3) is 12.2 Å². The lowest BCUT2D eigenvalue weighted by atomic mass is 10.1. The number of aromatic nitrogens is 1. The average molecular weight is 551 g/mol. The number of pyridine rings is 1. The smallest absolute Gasteiger partial charge is 0.416 e. The van der Waals surface area contributed by atoms with Crippen LogP contribution in [0.3, 0.4) is 0 Å². The number of hydrogen-bond acceptors (Lipinski definition) is 5. The summed E-state index contributed by atoms with van der Waals surface area (Å²) in [7, 11) is -4.52. The van der Waals surface area contributed by atoms with Gasteiger partial charge in [0.15, 0.2) is 0 Å². The number of halogens is 4. The Labute approximate surface area is 216 Å². The van der Waals surface area contributed by atoms with Crippen molar-refractivity contribution in [3.63, 3.8) is 0 Å². The molecule has 0 aliphatic carbocycles. The molecule has 0 saturated carbocycles. The highest BCUT2D eigenvalue weighted by Gasteiger charge is 2.37. The van der Waals surface area contributed by atoms with Gasteiger partial charge in [0.05, 0.1) is 28.4 Å². The van der Waals surface area contributed by atoms with Crippen molar-refractivity contribution >= 4 is 33.8 Å². The maximum Gasteiger partial charge on any atom is 0.416 e. The lowest BCUT2D eigenvalue weighted by Gasteiger charge is -2.35. The first-order valence-corrected chi connectivity index (χ1v) is 12.8. The van der Waals surface area contributed by atoms with Crippen molar-refractivity contribution in [2.75, 3.05) is 10.8 Å². The Morgan fingerprint density at radius 1 is 1.16 bits per heavy atom. The normalized spacial score (nSPS) is 15.8. The zero-order valence-corrected chi connectivity index (χ0v) is 20.8. The van der Waals surface area contributed by atoms with E-state index in [4.69, 9.17) is 9.84 Å². The molecule has 1 aliphatic heterocycles. The fraction of sp³-hybridized carbons (Fsp3) is 0.231. The highest BCUT2D eigenvalue weighted by Crippen LogP contribution is 2.40. The monoisotopic (exact) mass is 550 g/mol. The molecule has 0 saturated heterocycles. The number of ether oxygens (including phenoxy) is 1. The van der Waals surface area contributed by atoms with Crippen molar-refractivity contribution in [1.29, 1.82) is 0 Å². The minimum Gasteiger partial charge on any atom is -0.486 e. The second kappa shape index (κ2) is 10.4. The predicted molar refractivity (Wildman–Crippen MR) is 132 cm³/mol. The molecule has 38 heavy (non-hydrogen) atoms. The molecule has 1 aromatic heterocycles. The summed E-state index contributed by atoms with van der Waals surface area (Å²) in [6, 6.07) is 10.6. The average Bonchev–Trinajstić information content (AvgIpc) is 2.87. The Hall–Kier alpha value is -3.93. The standard InChI is InChI=1S/C26H22F4N2O5S/c1-16-5-9-21(27)22(31-16)10-6-17-7-11-24-23(13-17)32(15-19(37-24)8-12-25(33)34)38(35,36)20-4-2-3-18(14-20)26(28,29)30/h2-7,9-11,13-14,19H,8,12,15H2,1H3,(H,33,34)/b10-6+/t19-/m0/s1. The molecule has 0 amide bonds. The predicted octanol–water partition coefficient (Wildman–Crippen LogP) is 5.54. The van der Waals surface area contributed by atoms with Crippen molar-refractivity contribution in [1.82, 2.24) is 4.98 Å². The Morgan fingerprint density at radius 3 is 2.63 bits per heavy atom. The molecule has 3 aromatic rings. The van der Waals surface area contributed by atoms with Gasteiger partial charge in [-0.25, -0.2) is 12.8 Å². The van der Waals surface area contributed by atoms with Gasteiger partial charge in [0.25, 0.3) is 10.0 Å². The van der Waals surface area contributed by atoms with E-state index >= 15 is 0 Å². The molecule has 1 atom stereocenters. The van der Waals surface area contributed by atoms with Gasteiger partial charge in [-0.3, -0.25) is 14.1 Å². The first-order valence-electron chi connectivity index (χ1n) is 11.4. The van der Waals surface area contributed by atoms with Crippen LogP contribution in [-0.2, 0) is 21.0 Å². The van der Waals surface area contributed by atoms with Gasteiger partial charge in [-0.05, 0) is 67.4 Å². The molecular formula is C26H22F4N2O5S. The van der Waals surface area contributed by atoms with Crippen LogP contribution in [0.5, 0.6) is 5.75 Å². The van der Waals surface area contributed by atoms with Crippen LogP contribution < -0.4 is 9.04 Å². The number of nitrogens with zero attached hydrogens (tertiary/aromatic N) is 2. The maximum atomic E-state index is 14.1. The second-order valence-electron chi connectivity index (χ2n) is 8.61. The van der Waals surface area contributed by atoms with Crippen LogP contribution in [0.15, 0.2) is 59.5 Å². The quantitative estimate of drug-likeness (QED) is 0.388. The number of fused-ring (bicyclic) bond motifs is 1. The number of hydrogen-bond donors (Lipinski definition) is 1. The van der Waals surface area contributed by atoms with Gasteiger partial charge in [-0.15, -0.1) is 0 Å². The Bertz CT molecular complexity index is 1510. The Morgan fingerprint density at radius 2 is 1.92 bits per heavy atom. The van der Waals surface area contributed by atoms with Gasteiger partial charge < -0.3 is 9.84 Å². The van der Waals surface area contributed by atoms with Crippen LogP contribution in [0.2, 0.25) is 0 Å². The fourth-order valence-electron chi connectivity index (χ4n) is 3.91. The molecule has 0 spiro atoms. The molecule has 0 unspecified atom stereocenters. The number of aryl methyl sites for hydroxylation is 1. The van der Waals surface area contributed by atoms with E-state index in [0.717, 1.165) is 22.5 Å². The molecule has 0 radical (unpaired) electrons. The molecule has 2 heterocycles. The number of alkyl halides is 3. The third-order valence-electron chi connectivity index (χ3n) is 5.79. The van der Waals surface area contributed by atoms with E-state index in [1.54, 1.807) is 13.0 Å². The number of benzene rings is 2. The van der Waals surface area contributed by atoms with Gasteiger partial charge in [0.2, 0.25) is 0 Å². The fourth-order valence-corrected chi connectivity index (χ4v) is 5.45. The third kappa shape index (κ3) is 5.96. The SMILES string of the molecule is Cc1ccc(F)c(/C=C/c2ccc3c(c2)N(S(=O)(=O)c2cccc(C(F)(F)F)c2)C[C@H](CCC(=O)O)O3)n1. The first kappa shape index (κ1) is 27.1. The highest BCUT2D eigenvalue weighted by molar-refractivity contribution is 7.92. The maximum absolute atomic E-state index is 14.1. The molecule has 200 valence electrons. The zero-order chi connectivity index (χ0) is 27.7. The molecule has 12 heteroatoms. The van der Waals surface area contributed by atoms with Gasteiger partial charge in [-0.1, -0.05) is 18.2 Å². The summed E-state index contributed by atoms with van der Waals surface area (Å²) in [5, 5.41) is 9.04. The van der Waals surface area contributed by atoms with E-state index in [2.05, 4.69) is 4.98 Å². The van der Waals surface area contributed by atoms with Gasteiger partial charge >= 0.3 is 12.1 Å². The van der Waals surface area contributed by atoms with Gasteiger partial charge in [0, 0.05) is 12.1 Å². The molecule has 4 rings (SSSR count). The summed E-state index contributed by atoms with van der Waals surface area (Å²) in [5.41, 5.74) is 0.0349. The van der Waals surface area contributed by atoms with Crippen LogP contribution >= 0.6 is 0 Å². The first-order chi connectivity index (χ1) is 17.8. The van der Waals surface area contributed by atoms with Crippen LogP contribution in [0.4, 0.5) is 23.2 Å². The van der Waals surface area contributed by atoms with E-state index in [-0.39, 0.29) is 36.5 Å². The molecule has 0 bridgehead atoms. The highest BCUT2D eigenvalue weighted by atomic mass is 32.2. The third-order valence-corrected chi connectivity index (χ3v) is 7.57. The largest absolute Gasteiger partial charge is 0.486 e. The lowest BCUT2D eigenvalue weighted by Crippen LogP contribution is -2.43. The Kier molecular flexibility index (Phi) is 7.45. The number of carbonyl (C=O) groups is 1. The minimum atomic E-state index is -4.75. The van der Waals surface area contributed by atoms with E-state index < -0.39 is 44.5 Å². The van der Waals surface area contributed by atoms with E-state index in [1.165, 1.54) is 36.4 Å². The summed E-state index contributed by atoms with van der Waals surface area (Å²) in [5.74, 6) is -1.55. The summed E-state index contributed by atoms with van der Waals surface area (Å²) >= 11 is 0. The molecule has 1 aliphatic rings. The summed E-state index contributed by atoms with van der Waals surface area (Å²) in [6.07, 6.45) is -3.01. The molecule has 1 N–H and O–H groups in total. The molecule has 2 aromatic carbocycles. The van der Waals surface area contributed by atoms with Crippen molar-refractivity contribution in [3.8, 4) is 5.75 Å². The summed E-state index contributed by atoms with van der Waals surface area (Å²) in [6.45, 7) is 1.38. The van der Waals surface area contributed by atoms with Crippen LogP contribution in [-0.4, -0.2) is 37.1 Å². The van der Waals surface area contributed by atoms with Crippen LogP contribution in [0, 0.1) is 12.7 Å². The minimum absolute atomic E-state index is 0.0245. The number of anilines is 1.